The molecule has 21 heavy (non-hydrogen) atoms. The van der Waals surface area contributed by atoms with Gasteiger partial charge in [-0.15, -0.1) is 0 Å². The molecular weight excluding hydrogens is 268 g/mol. The highest BCUT2D eigenvalue weighted by Gasteiger charge is 2.37. The van der Waals surface area contributed by atoms with Gasteiger partial charge in [-0.1, -0.05) is 18.2 Å². The average molecular weight is 282 g/mol. The van der Waals surface area contributed by atoms with Crippen molar-refractivity contribution in [2.75, 3.05) is 24.5 Å². The number of nitriles is 2. The van der Waals surface area contributed by atoms with Crippen molar-refractivity contribution in [2.24, 2.45) is 5.92 Å². The number of para-hydroxylation sites is 1. The lowest BCUT2D eigenvalue weighted by Crippen LogP contribution is -2.38. The van der Waals surface area contributed by atoms with Gasteiger partial charge >= 0.3 is 0 Å². The second kappa shape index (κ2) is 6.53. The molecule has 0 saturated carbocycles. The molecule has 1 aromatic carbocycles. The van der Waals surface area contributed by atoms with Crippen LogP contribution in [0.2, 0.25) is 0 Å². The highest BCUT2D eigenvalue weighted by atomic mass is 16.2. The smallest absolute Gasteiger partial charge is 0.229 e. The summed E-state index contributed by atoms with van der Waals surface area (Å²) in [6.07, 6.45) is 0.112. The van der Waals surface area contributed by atoms with Gasteiger partial charge in [0.1, 0.15) is 13.1 Å². The summed E-state index contributed by atoms with van der Waals surface area (Å²) in [6, 6.07) is 12.9. The molecule has 6 heteroatoms. The minimum Gasteiger partial charge on any atom is -0.316 e. The van der Waals surface area contributed by atoms with Gasteiger partial charge in [0.2, 0.25) is 11.8 Å². The second-order valence-corrected chi connectivity index (χ2v) is 4.75. The first-order valence-electron chi connectivity index (χ1n) is 6.55. The predicted molar refractivity (Wildman–Crippen MR) is 74.7 cm³/mol. The van der Waals surface area contributed by atoms with E-state index in [1.807, 2.05) is 42.5 Å². The molecule has 0 aliphatic carbocycles. The number of hydrogen-bond donors (Lipinski definition) is 0. The molecule has 2 amide bonds. The largest absolute Gasteiger partial charge is 0.316 e. The first-order valence-corrected chi connectivity index (χ1v) is 6.55. The van der Waals surface area contributed by atoms with E-state index < -0.39 is 5.92 Å². The molecule has 6 nitrogen and oxygen atoms in total. The molecule has 1 aliphatic rings. The van der Waals surface area contributed by atoms with Crippen LogP contribution in [0, 0.1) is 28.6 Å². The summed E-state index contributed by atoms with van der Waals surface area (Å²) >= 11 is 0. The number of carbonyl (C=O) groups excluding carboxylic acids is 2. The van der Waals surface area contributed by atoms with Crippen molar-refractivity contribution in [2.45, 2.75) is 6.42 Å². The Kier molecular flexibility index (Phi) is 4.53. The van der Waals surface area contributed by atoms with Gasteiger partial charge in [0.15, 0.2) is 0 Å². The molecular formula is C15H14N4O2. The Morgan fingerprint density at radius 1 is 1.24 bits per heavy atom. The van der Waals surface area contributed by atoms with E-state index >= 15 is 0 Å². The SMILES string of the molecule is N#CCN(CC#N)C(=O)C1CC(=O)N(c2ccccc2)C1. The van der Waals surface area contributed by atoms with Crippen molar-refractivity contribution in [1.82, 2.24) is 4.90 Å². The van der Waals surface area contributed by atoms with Crippen LogP contribution < -0.4 is 4.90 Å². The molecule has 0 spiro atoms. The lowest BCUT2D eigenvalue weighted by molar-refractivity contribution is -0.134. The van der Waals surface area contributed by atoms with Crippen LogP contribution in [0.3, 0.4) is 0 Å². The first kappa shape index (κ1) is 14.5. The van der Waals surface area contributed by atoms with E-state index in [0.29, 0.717) is 0 Å². The molecule has 0 bridgehead atoms. The van der Waals surface area contributed by atoms with Crippen molar-refractivity contribution < 1.29 is 9.59 Å². The maximum Gasteiger partial charge on any atom is 0.229 e. The van der Waals surface area contributed by atoms with Crippen LogP contribution in [0.25, 0.3) is 0 Å². The van der Waals surface area contributed by atoms with Crippen LogP contribution in [0.1, 0.15) is 6.42 Å². The third kappa shape index (κ3) is 3.18. The van der Waals surface area contributed by atoms with Crippen molar-refractivity contribution in [1.29, 1.82) is 10.5 Å². The van der Waals surface area contributed by atoms with Gasteiger partial charge < -0.3 is 9.80 Å². The van der Waals surface area contributed by atoms with Gasteiger partial charge in [0.05, 0.1) is 18.1 Å². The number of amides is 2. The zero-order valence-corrected chi connectivity index (χ0v) is 11.4. The summed E-state index contributed by atoms with van der Waals surface area (Å²) in [4.78, 5) is 27.1. The molecule has 1 aliphatic heterocycles. The monoisotopic (exact) mass is 282 g/mol. The van der Waals surface area contributed by atoms with E-state index in [9.17, 15) is 9.59 Å². The predicted octanol–water partition coefficient (Wildman–Crippen LogP) is 0.915. The topological polar surface area (TPSA) is 88.2 Å². The van der Waals surface area contributed by atoms with Crippen LogP contribution in [-0.4, -0.2) is 36.3 Å². The quantitative estimate of drug-likeness (QED) is 0.768. The van der Waals surface area contributed by atoms with Gasteiger partial charge in [0.25, 0.3) is 0 Å². The molecule has 0 aromatic heterocycles. The van der Waals surface area contributed by atoms with Crippen LogP contribution in [0.4, 0.5) is 5.69 Å². The van der Waals surface area contributed by atoms with Crippen LogP contribution in [0.15, 0.2) is 30.3 Å². The number of nitrogens with zero attached hydrogens (tertiary/aromatic N) is 4. The second-order valence-electron chi connectivity index (χ2n) is 4.75. The molecule has 1 fully saturated rings. The summed E-state index contributed by atoms with van der Waals surface area (Å²) in [5.74, 6) is -0.933. The van der Waals surface area contributed by atoms with Crippen molar-refractivity contribution in [3.8, 4) is 12.1 Å². The maximum absolute atomic E-state index is 12.3. The van der Waals surface area contributed by atoms with E-state index in [1.165, 1.54) is 4.90 Å². The number of rotatable bonds is 4. The number of hydrogen-bond acceptors (Lipinski definition) is 4. The summed E-state index contributed by atoms with van der Waals surface area (Å²) in [5.41, 5.74) is 0.755. The third-order valence-electron chi connectivity index (χ3n) is 3.38. The minimum absolute atomic E-state index is 0.112. The molecule has 1 aromatic rings. The normalized spacial score (nSPS) is 17.1. The van der Waals surface area contributed by atoms with Crippen molar-refractivity contribution in [3.63, 3.8) is 0 Å². The maximum atomic E-state index is 12.3. The zero-order chi connectivity index (χ0) is 15.2. The first-order chi connectivity index (χ1) is 10.2. The molecule has 1 saturated heterocycles. The number of benzene rings is 1. The lowest BCUT2D eigenvalue weighted by atomic mass is 10.1. The number of anilines is 1. The highest BCUT2D eigenvalue weighted by molar-refractivity contribution is 6.00. The standard InChI is InChI=1S/C15H14N4O2/c16-6-8-18(9-7-17)15(21)12-10-14(20)19(11-12)13-4-2-1-3-5-13/h1-5,12H,8-11H2. The Labute approximate surface area is 122 Å². The van der Waals surface area contributed by atoms with E-state index in [-0.39, 0.29) is 37.9 Å². The van der Waals surface area contributed by atoms with Crippen molar-refractivity contribution >= 4 is 17.5 Å². The lowest BCUT2D eigenvalue weighted by Gasteiger charge is -2.20. The van der Waals surface area contributed by atoms with Crippen molar-refractivity contribution in [3.05, 3.63) is 30.3 Å². The van der Waals surface area contributed by atoms with Gasteiger partial charge in [0, 0.05) is 18.7 Å². The molecule has 1 atom stereocenters. The van der Waals surface area contributed by atoms with E-state index in [0.717, 1.165) is 5.69 Å². The molecule has 106 valence electrons. The number of carbonyl (C=O) groups is 2. The van der Waals surface area contributed by atoms with E-state index in [4.69, 9.17) is 10.5 Å². The fourth-order valence-corrected chi connectivity index (χ4v) is 2.37. The molecule has 0 N–H and O–H groups in total. The summed E-state index contributed by atoms with van der Waals surface area (Å²) in [5, 5.41) is 17.4. The minimum atomic E-state index is -0.501. The summed E-state index contributed by atoms with van der Waals surface area (Å²) in [6.45, 7) is 0.0138. The summed E-state index contributed by atoms with van der Waals surface area (Å²) in [7, 11) is 0. The Hall–Kier alpha value is -2.86. The Bertz CT molecular complexity index is 599. The molecule has 1 unspecified atom stereocenters. The molecule has 0 radical (unpaired) electrons. The Balaban J connectivity index is 2.10. The zero-order valence-electron chi connectivity index (χ0n) is 11.4. The van der Waals surface area contributed by atoms with E-state index in [2.05, 4.69) is 0 Å². The van der Waals surface area contributed by atoms with E-state index in [1.54, 1.807) is 4.90 Å². The average Bonchev–Trinajstić information content (AvgIpc) is 2.89. The highest BCUT2D eigenvalue weighted by Crippen LogP contribution is 2.25. The Morgan fingerprint density at radius 2 is 1.86 bits per heavy atom. The van der Waals surface area contributed by atoms with Crippen LogP contribution >= 0.6 is 0 Å². The van der Waals surface area contributed by atoms with Gasteiger partial charge in [-0.05, 0) is 12.1 Å². The third-order valence-corrected chi connectivity index (χ3v) is 3.38. The van der Waals surface area contributed by atoms with Crippen LogP contribution in [0.5, 0.6) is 0 Å². The summed E-state index contributed by atoms with van der Waals surface area (Å²) < 4.78 is 0. The van der Waals surface area contributed by atoms with Crippen LogP contribution in [-0.2, 0) is 9.59 Å². The fourth-order valence-electron chi connectivity index (χ4n) is 2.37. The molecule has 2 rings (SSSR count). The fraction of sp³-hybridized carbons (Fsp3) is 0.333. The van der Waals surface area contributed by atoms with Gasteiger partial charge in [-0.3, -0.25) is 9.59 Å². The van der Waals surface area contributed by atoms with Gasteiger partial charge in [-0.25, -0.2) is 0 Å². The Morgan fingerprint density at radius 3 is 2.43 bits per heavy atom. The molecule has 1 heterocycles. The van der Waals surface area contributed by atoms with Gasteiger partial charge in [-0.2, -0.15) is 10.5 Å².